The molecule has 1 N–H and O–H groups in total. The zero-order valence-corrected chi connectivity index (χ0v) is 12.5. The molecule has 21 heavy (non-hydrogen) atoms. The van der Waals surface area contributed by atoms with Crippen molar-refractivity contribution >= 4 is 27.6 Å². The smallest absolute Gasteiger partial charge is 0.227 e. The molecule has 0 spiro atoms. The molecule has 1 heterocycles. The van der Waals surface area contributed by atoms with Crippen LogP contribution >= 0.6 is 15.9 Å². The standard InChI is InChI=1S/C16H11BrFN3/c17-11-6-7-13(14(18)10-11)15-8-9-19-16(21-15)20-12-4-2-1-3-5-12/h1-10H,(H,19,20,21). The Morgan fingerprint density at radius 1 is 1.00 bits per heavy atom. The van der Waals surface area contributed by atoms with Crippen LogP contribution in [-0.4, -0.2) is 9.97 Å². The monoisotopic (exact) mass is 343 g/mol. The van der Waals surface area contributed by atoms with Crippen molar-refractivity contribution in [3.8, 4) is 11.3 Å². The normalized spacial score (nSPS) is 10.4. The highest BCUT2D eigenvalue weighted by molar-refractivity contribution is 9.10. The molecule has 0 radical (unpaired) electrons. The average molecular weight is 344 g/mol. The van der Waals surface area contributed by atoms with Gasteiger partial charge in [-0.25, -0.2) is 14.4 Å². The lowest BCUT2D eigenvalue weighted by Gasteiger charge is -2.07. The molecule has 0 bridgehead atoms. The minimum Gasteiger partial charge on any atom is -0.324 e. The summed E-state index contributed by atoms with van der Waals surface area (Å²) >= 11 is 3.24. The third kappa shape index (κ3) is 3.25. The van der Waals surface area contributed by atoms with Gasteiger partial charge in [-0.15, -0.1) is 0 Å². The Hall–Kier alpha value is -2.27. The number of halogens is 2. The molecule has 0 atom stereocenters. The van der Waals surface area contributed by atoms with Crippen molar-refractivity contribution in [1.29, 1.82) is 0 Å². The van der Waals surface area contributed by atoms with Crippen molar-refractivity contribution in [2.24, 2.45) is 0 Å². The molecule has 0 amide bonds. The van der Waals surface area contributed by atoms with E-state index in [1.807, 2.05) is 30.3 Å². The van der Waals surface area contributed by atoms with Gasteiger partial charge >= 0.3 is 0 Å². The van der Waals surface area contributed by atoms with E-state index in [9.17, 15) is 4.39 Å². The number of anilines is 2. The molecule has 2 aromatic carbocycles. The van der Waals surface area contributed by atoms with Crippen LogP contribution in [0.25, 0.3) is 11.3 Å². The summed E-state index contributed by atoms with van der Waals surface area (Å²) in [6, 6.07) is 16.2. The number of nitrogens with zero attached hydrogens (tertiary/aromatic N) is 2. The second-order valence-electron chi connectivity index (χ2n) is 4.38. The molecule has 0 fully saturated rings. The summed E-state index contributed by atoms with van der Waals surface area (Å²) in [5, 5.41) is 3.09. The van der Waals surface area contributed by atoms with E-state index < -0.39 is 0 Å². The highest BCUT2D eigenvalue weighted by atomic mass is 79.9. The van der Waals surface area contributed by atoms with E-state index >= 15 is 0 Å². The van der Waals surface area contributed by atoms with E-state index in [-0.39, 0.29) is 5.82 Å². The van der Waals surface area contributed by atoms with Crippen molar-refractivity contribution in [3.05, 3.63) is 71.1 Å². The number of hydrogen-bond donors (Lipinski definition) is 1. The first kappa shape index (κ1) is 13.7. The van der Waals surface area contributed by atoms with Crippen molar-refractivity contribution < 1.29 is 4.39 Å². The van der Waals surface area contributed by atoms with E-state index in [1.165, 1.54) is 6.07 Å². The van der Waals surface area contributed by atoms with Gasteiger partial charge in [0.25, 0.3) is 0 Å². The molecule has 3 rings (SSSR count). The number of para-hydroxylation sites is 1. The lowest BCUT2D eigenvalue weighted by Crippen LogP contribution is -1.98. The first-order chi connectivity index (χ1) is 10.2. The Kier molecular flexibility index (Phi) is 3.92. The van der Waals surface area contributed by atoms with Gasteiger partial charge in [0.2, 0.25) is 5.95 Å². The van der Waals surface area contributed by atoms with Crippen LogP contribution in [0, 0.1) is 5.82 Å². The average Bonchev–Trinajstić information content (AvgIpc) is 2.48. The Balaban J connectivity index is 1.93. The second kappa shape index (κ2) is 6.01. The van der Waals surface area contributed by atoms with Crippen LogP contribution in [-0.2, 0) is 0 Å². The number of hydrogen-bond acceptors (Lipinski definition) is 3. The van der Waals surface area contributed by atoms with E-state index in [0.717, 1.165) is 5.69 Å². The summed E-state index contributed by atoms with van der Waals surface area (Å²) < 4.78 is 14.7. The summed E-state index contributed by atoms with van der Waals surface area (Å²) in [4.78, 5) is 8.50. The van der Waals surface area contributed by atoms with Gasteiger partial charge in [0.05, 0.1) is 5.69 Å². The largest absolute Gasteiger partial charge is 0.324 e. The van der Waals surface area contributed by atoms with Crippen LogP contribution in [0.4, 0.5) is 16.0 Å². The molecule has 1 aromatic heterocycles. The van der Waals surface area contributed by atoms with Gasteiger partial charge in [0, 0.05) is 21.9 Å². The SMILES string of the molecule is Fc1cc(Br)ccc1-c1ccnc(Nc2ccccc2)n1. The molecule has 0 saturated carbocycles. The van der Waals surface area contributed by atoms with Crippen molar-refractivity contribution in [1.82, 2.24) is 9.97 Å². The summed E-state index contributed by atoms with van der Waals surface area (Å²) in [6.45, 7) is 0. The lowest BCUT2D eigenvalue weighted by atomic mass is 10.1. The molecule has 3 aromatic rings. The number of rotatable bonds is 3. The van der Waals surface area contributed by atoms with Crippen molar-refractivity contribution in [3.63, 3.8) is 0 Å². The molecule has 0 aliphatic heterocycles. The Bertz CT molecular complexity index is 762. The fraction of sp³-hybridized carbons (Fsp3) is 0. The van der Waals surface area contributed by atoms with E-state index in [2.05, 4.69) is 31.2 Å². The predicted octanol–water partition coefficient (Wildman–Crippen LogP) is 4.79. The molecule has 0 unspecified atom stereocenters. The third-order valence-electron chi connectivity index (χ3n) is 2.89. The molecule has 0 aliphatic rings. The summed E-state index contributed by atoms with van der Waals surface area (Å²) in [5.41, 5.74) is 1.86. The van der Waals surface area contributed by atoms with Crippen LogP contribution in [0.2, 0.25) is 0 Å². The van der Waals surface area contributed by atoms with Gasteiger partial charge in [-0.2, -0.15) is 0 Å². The molecule has 5 heteroatoms. The minimum atomic E-state index is -0.325. The van der Waals surface area contributed by atoms with Crippen LogP contribution in [0.1, 0.15) is 0 Å². The predicted molar refractivity (Wildman–Crippen MR) is 84.9 cm³/mol. The lowest BCUT2D eigenvalue weighted by molar-refractivity contribution is 0.630. The third-order valence-corrected chi connectivity index (χ3v) is 3.39. The van der Waals surface area contributed by atoms with Gasteiger partial charge in [-0.05, 0) is 36.4 Å². The number of aromatic nitrogens is 2. The second-order valence-corrected chi connectivity index (χ2v) is 5.30. The molecular formula is C16H11BrFN3. The van der Waals surface area contributed by atoms with Gasteiger partial charge < -0.3 is 5.32 Å². The molecule has 3 nitrogen and oxygen atoms in total. The zero-order chi connectivity index (χ0) is 14.7. The van der Waals surface area contributed by atoms with Crippen LogP contribution in [0.5, 0.6) is 0 Å². The Morgan fingerprint density at radius 2 is 1.81 bits per heavy atom. The number of nitrogens with one attached hydrogen (secondary N) is 1. The van der Waals surface area contributed by atoms with Gasteiger partial charge in [-0.1, -0.05) is 34.1 Å². The van der Waals surface area contributed by atoms with Crippen LogP contribution in [0.15, 0.2) is 65.3 Å². The minimum absolute atomic E-state index is 0.325. The maximum Gasteiger partial charge on any atom is 0.227 e. The Morgan fingerprint density at radius 3 is 2.57 bits per heavy atom. The highest BCUT2D eigenvalue weighted by Gasteiger charge is 2.08. The first-order valence-electron chi connectivity index (χ1n) is 6.33. The maximum atomic E-state index is 14.0. The quantitative estimate of drug-likeness (QED) is 0.742. The summed E-state index contributed by atoms with van der Waals surface area (Å²) in [6.07, 6.45) is 1.61. The van der Waals surface area contributed by atoms with E-state index in [0.29, 0.717) is 21.7 Å². The van der Waals surface area contributed by atoms with Crippen LogP contribution < -0.4 is 5.32 Å². The Labute approximate surface area is 130 Å². The molecular weight excluding hydrogens is 333 g/mol. The fourth-order valence-electron chi connectivity index (χ4n) is 1.92. The maximum absolute atomic E-state index is 14.0. The number of benzene rings is 2. The first-order valence-corrected chi connectivity index (χ1v) is 7.12. The summed E-state index contributed by atoms with van der Waals surface area (Å²) in [7, 11) is 0. The van der Waals surface area contributed by atoms with Crippen molar-refractivity contribution in [2.75, 3.05) is 5.32 Å². The van der Waals surface area contributed by atoms with Gasteiger partial charge in [0.1, 0.15) is 5.82 Å². The fourth-order valence-corrected chi connectivity index (χ4v) is 2.25. The zero-order valence-electron chi connectivity index (χ0n) is 10.9. The molecule has 0 aliphatic carbocycles. The summed E-state index contributed by atoms with van der Waals surface area (Å²) in [5.74, 6) is 0.106. The van der Waals surface area contributed by atoms with Crippen LogP contribution in [0.3, 0.4) is 0 Å². The van der Waals surface area contributed by atoms with E-state index in [1.54, 1.807) is 24.4 Å². The highest BCUT2D eigenvalue weighted by Crippen LogP contribution is 2.25. The van der Waals surface area contributed by atoms with Gasteiger partial charge in [0.15, 0.2) is 0 Å². The van der Waals surface area contributed by atoms with Gasteiger partial charge in [-0.3, -0.25) is 0 Å². The topological polar surface area (TPSA) is 37.8 Å². The van der Waals surface area contributed by atoms with Crippen molar-refractivity contribution in [2.45, 2.75) is 0 Å². The molecule has 104 valence electrons. The molecule has 0 saturated heterocycles. The van der Waals surface area contributed by atoms with E-state index in [4.69, 9.17) is 0 Å².